The number of imidazole rings is 1. The molecule has 8 nitrogen and oxygen atoms in total. The van der Waals surface area contributed by atoms with E-state index in [1.54, 1.807) is 24.7 Å². The van der Waals surface area contributed by atoms with Crippen LogP contribution >= 0.6 is 0 Å². The normalized spacial score (nSPS) is 14.5. The Morgan fingerprint density at radius 2 is 2.00 bits per heavy atom. The highest BCUT2D eigenvalue weighted by molar-refractivity contribution is 6.07. The number of amides is 1. The van der Waals surface area contributed by atoms with E-state index in [1.807, 2.05) is 40.4 Å². The monoisotopic (exact) mass is 387 g/mol. The van der Waals surface area contributed by atoms with Crippen molar-refractivity contribution < 1.29 is 4.79 Å². The Morgan fingerprint density at radius 1 is 1.14 bits per heavy atom. The van der Waals surface area contributed by atoms with Crippen LogP contribution in [-0.4, -0.2) is 35.0 Å². The summed E-state index contributed by atoms with van der Waals surface area (Å²) in [4.78, 5) is 26.2. The molecule has 0 aromatic carbocycles. The zero-order chi connectivity index (χ0) is 19.8. The number of aromatic nitrogens is 6. The first-order chi connectivity index (χ1) is 14.2. The Kier molecular flexibility index (Phi) is 4.31. The van der Waals surface area contributed by atoms with Gasteiger partial charge in [0, 0.05) is 24.3 Å². The first kappa shape index (κ1) is 17.5. The molecule has 1 N–H and O–H groups in total. The van der Waals surface area contributed by atoms with Gasteiger partial charge in [-0.3, -0.25) is 18.9 Å². The van der Waals surface area contributed by atoms with Gasteiger partial charge in [-0.05, 0) is 38.0 Å². The molecule has 1 aliphatic rings. The summed E-state index contributed by atoms with van der Waals surface area (Å²) in [5, 5.41) is 7.39. The van der Waals surface area contributed by atoms with Crippen molar-refractivity contribution in [3.8, 4) is 11.5 Å². The minimum Gasteiger partial charge on any atom is -0.305 e. The smallest absolute Gasteiger partial charge is 0.277 e. The largest absolute Gasteiger partial charge is 0.305 e. The van der Waals surface area contributed by atoms with Crippen LogP contribution < -0.4 is 5.32 Å². The van der Waals surface area contributed by atoms with Crippen molar-refractivity contribution in [3.05, 3.63) is 60.4 Å². The fraction of sp³-hybridized carbons (Fsp3) is 0.286. The van der Waals surface area contributed by atoms with Crippen LogP contribution in [0.5, 0.6) is 0 Å². The lowest BCUT2D eigenvalue weighted by Gasteiger charge is -2.13. The van der Waals surface area contributed by atoms with Crippen molar-refractivity contribution in [1.82, 2.24) is 29.1 Å². The van der Waals surface area contributed by atoms with Crippen molar-refractivity contribution >= 4 is 17.2 Å². The SMILES string of the molecule is Cc1cccc(NC(=O)c2nc(-c3ccnn3C3CCCC3)n3ccncc23)n1. The second-order valence-electron chi connectivity index (χ2n) is 7.33. The number of hydrogen-bond donors (Lipinski definition) is 1. The third kappa shape index (κ3) is 3.16. The van der Waals surface area contributed by atoms with Crippen molar-refractivity contribution in [1.29, 1.82) is 0 Å². The van der Waals surface area contributed by atoms with Crippen LogP contribution in [0.25, 0.3) is 17.0 Å². The van der Waals surface area contributed by atoms with E-state index in [0.29, 0.717) is 28.9 Å². The number of carbonyl (C=O) groups excluding carboxylic acids is 1. The third-order valence-electron chi connectivity index (χ3n) is 5.36. The number of rotatable bonds is 4. The fourth-order valence-corrected chi connectivity index (χ4v) is 4.01. The van der Waals surface area contributed by atoms with E-state index in [9.17, 15) is 4.79 Å². The first-order valence-electron chi connectivity index (χ1n) is 9.81. The molecular weight excluding hydrogens is 366 g/mol. The summed E-state index contributed by atoms with van der Waals surface area (Å²) in [5.74, 6) is 0.874. The van der Waals surface area contributed by atoms with Gasteiger partial charge in [-0.15, -0.1) is 0 Å². The minimum atomic E-state index is -0.313. The summed E-state index contributed by atoms with van der Waals surface area (Å²) in [7, 11) is 0. The van der Waals surface area contributed by atoms with Gasteiger partial charge in [0.25, 0.3) is 5.91 Å². The number of hydrogen-bond acceptors (Lipinski definition) is 5. The Bertz CT molecular complexity index is 1190. The molecule has 0 radical (unpaired) electrons. The highest BCUT2D eigenvalue weighted by Crippen LogP contribution is 2.33. The van der Waals surface area contributed by atoms with Gasteiger partial charge in [0.15, 0.2) is 11.5 Å². The molecule has 4 aromatic heterocycles. The molecule has 1 saturated carbocycles. The number of nitrogens with one attached hydrogen (secondary N) is 1. The van der Waals surface area contributed by atoms with E-state index >= 15 is 0 Å². The van der Waals surface area contributed by atoms with Gasteiger partial charge in [-0.25, -0.2) is 9.97 Å². The molecule has 0 bridgehead atoms. The zero-order valence-electron chi connectivity index (χ0n) is 16.1. The number of aryl methyl sites for hydroxylation is 1. The summed E-state index contributed by atoms with van der Waals surface area (Å²) >= 11 is 0. The molecule has 0 aliphatic heterocycles. The van der Waals surface area contributed by atoms with Gasteiger partial charge in [0.2, 0.25) is 0 Å². The molecule has 4 heterocycles. The average Bonchev–Trinajstić information content (AvgIpc) is 3.46. The van der Waals surface area contributed by atoms with Crippen LogP contribution in [0.4, 0.5) is 5.82 Å². The van der Waals surface area contributed by atoms with Crippen molar-refractivity contribution in [2.24, 2.45) is 0 Å². The van der Waals surface area contributed by atoms with Crippen LogP contribution in [0.2, 0.25) is 0 Å². The Morgan fingerprint density at radius 3 is 2.83 bits per heavy atom. The first-order valence-corrected chi connectivity index (χ1v) is 9.81. The van der Waals surface area contributed by atoms with Crippen LogP contribution in [0.15, 0.2) is 49.1 Å². The lowest BCUT2D eigenvalue weighted by Crippen LogP contribution is -2.14. The standard InChI is InChI=1S/C21H21N7O/c1-14-5-4-8-18(24-14)25-21(29)19-17-13-22-11-12-27(17)20(26-19)16-9-10-23-28(16)15-6-2-3-7-15/h4-5,8-13,15H,2-3,6-7H2,1H3,(H,24,25,29). The van der Waals surface area contributed by atoms with Crippen molar-refractivity contribution in [2.75, 3.05) is 5.32 Å². The lowest BCUT2D eigenvalue weighted by molar-refractivity contribution is 0.102. The molecule has 5 rings (SSSR count). The average molecular weight is 387 g/mol. The quantitative estimate of drug-likeness (QED) is 0.577. The number of anilines is 1. The van der Waals surface area contributed by atoms with Crippen LogP contribution in [0, 0.1) is 6.92 Å². The van der Waals surface area contributed by atoms with E-state index in [-0.39, 0.29) is 5.91 Å². The van der Waals surface area contributed by atoms with E-state index in [1.165, 1.54) is 12.8 Å². The topological polar surface area (TPSA) is 90.0 Å². The molecule has 0 saturated heterocycles. The highest BCUT2D eigenvalue weighted by Gasteiger charge is 2.25. The molecule has 4 aromatic rings. The molecular formula is C21H21N7O. The fourth-order valence-electron chi connectivity index (χ4n) is 4.01. The number of nitrogens with zero attached hydrogens (tertiary/aromatic N) is 6. The van der Waals surface area contributed by atoms with Crippen LogP contribution in [0.3, 0.4) is 0 Å². The maximum absolute atomic E-state index is 13.0. The Labute approximate surface area is 167 Å². The minimum absolute atomic E-state index is 0.313. The summed E-state index contributed by atoms with van der Waals surface area (Å²) in [6.45, 7) is 1.88. The van der Waals surface area contributed by atoms with Crippen molar-refractivity contribution in [2.45, 2.75) is 38.6 Å². The summed E-state index contributed by atoms with van der Waals surface area (Å²) in [6, 6.07) is 7.84. The predicted molar refractivity (Wildman–Crippen MR) is 109 cm³/mol. The molecule has 0 unspecified atom stereocenters. The van der Waals surface area contributed by atoms with E-state index in [2.05, 4.69) is 20.4 Å². The van der Waals surface area contributed by atoms with Gasteiger partial charge < -0.3 is 5.32 Å². The molecule has 1 aliphatic carbocycles. The van der Waals surface area contributed by atoms with Gasteiger partial charge >= 0.3 is 0 Å². The van der Waals surface area contributed by atoms with Crippen molar-refractivity contribution in [3.63, 3.8) is 0 Å². The molecule has 0 atom stereocenters. The molecule has 1 fully saturated rings. The van der Waals surface area contributed by atoms with E-state index < -0.39 is 0 Å². The van der Waals surface area contributed by atoms with E-state index in [0.717, 1.165) is 24.2 Å². The predicted octanol–water partition coefficient (Wildman–Crippen LogP) is 3.66. The lowest BCUT2D eigenvalue weighted by atomic mass is 10.2. The number of carbonyl (C=O) groups is 1. The second-order valence-corrected chi connectivity index (χ2v) is 7.33. The molecule has 146 valence electrons. The summed E-state index contributed by atoms with van der Waals surface area (Å²) in [5.41, 5.74) is 2.70. The Hall–Kier alpha value is -3.55. The maximum Gasteiger partial charge on any atom is 0.277 e. The number of fused-ring (bicyclic) bond motifs is 1. The summed E-state index contributed by atoms with van der Waals surface area (Å²) < 4.78 is 3.94. The summed E-state index contributed by atoms with van der Waals surface area (Å²) in [6.07, 6.45) is 11.6. The van der Waals surface area contributed by atoms with Gasteiger partial charge in [-0.2, -0.15) is 5.10 Å². The van der Waals surface area contributed by atoms with Gasteiger partial charge in [-0.1, -0.05) is 18.9 Å². The molecule has 29 heavy (non-hydrogen) atoms. The zero-order valence-corrected chi connectivity index (χ0v) is 16.1. The second kappa shape index (κ2) is 7.12. The van der Waals surface area contributed by atoms with E-state index in [4.69, 9.17) is 4.98 Å². The highest BCUT2D eigenvalue weighted by atomic mass is 16.2. The van der Waals surface area contributed by atoms with Gasteiger partial charge in [0.1, 0.15) is 11.5 Å². The van der Waals surface area contributed by atoms with Crippen LogP contribution in [0.1, 0.15) is 47.9 Å². The third-order valence-corrected chi connectivity index (χ3v) is 5.36. The molecule has 0 spiro atoms. The molecule has 8 heteroatoms. The Balaban J connectivity index is 1.57. The number of pyridine rings is 1. The van der Waals surface area contributed by atoms with Crippen LogP contribution in [-0.2, 0) is 0 Å². The van der Waals surface area contributed by atoms with Gasteiger partial charge in [0.05, 0.1) is 17.8 Å². The maximum atomic E-state index is 13.0. The molecule has 1 amide bonds.